The third kappa shape index (κ3) is 2.73. The van der Waals surface area contributed by atoms with Crippen LogP contribution in [0.3, 0.4) is 0 Å². The van der Waals surface area contributed by atoms with Gasteiger partial charge in [0.05, 0.1) is 10.0 Å². The SMILES string of the molecule is O=C(c1c(Br)ccc(Br)c1F)C(F)(F)Cl. The van der Waals surface area contributed by atoms with Crippen molar-refractivity contribution in [2.24, 2.45) is 0 Å². The summed E-state index contributed by atoms with van der Waals surface area (Å²) in [5, 5.41) is -4.12. The second-order valence-electron chi connectivity index (χ2n) is 2.55. The Hall–Kier alpha value is -0.0700. The summed E-state index contributed by atoms with van der Waals surface area (Å²) in [6, 6.07) is 2.55. The fourth-order valence-electron chi connectivity index (χ4n) is 0.877. The second kappa shape index (κ2) is 4.43. The Bertz CT molecular complexity index is 417. The average Bonchev–Trinajstić information content (AvgIpc) is 2.10. The second-order valence-corrected chi connectivity index (χ2v) is 4.73. The van der Waals surface area contributed by atoms with Crippen LogP contribution in [-0.2, 0) is 0 Å². The van der Waals surface area contributed by atoms with E-state index < -0.39 is 22.5 Å². The molecule has 0 aliphatic rings. The van der Waals surface area contributed by atoms with E-state index in [4.69, 9.17) is 0 Å². The largest absolute Gasteiger partial charge is 0.385 e. The summed E-state index contributed by atoms with van der Waals surface area (Å²) in [6.07, 6.45) is 0. The minimum Gasteiger partial charge on any atom is -0.286 e. The predicted octanol–water partition coefficient (Wildman–Crippen LogP) is 4.37. The number of halogens is 6. The summed E-state index contributed by atoms with van der Waals surface area (Å²) in [6.45, 7) is 0. The first kappa shape index (κ1) is 13.0. The van der Waals surface area contributed by atoms with E-state index >= 15 is 0 Å². The van der Waals surface area contributed by atoms with Gasteiger partial charge in [-0.3, -0.25) is 4.79 Å². The van der Waals surface area contributed by atoms with Crippen molar-refractivity contribution in [2.75, 3.05) is 0 Å². The molecule has 0 fully saturated rings. The van der Waals surface area contributed by atoms with Gasteiger partial charge in [-0.05, 0) is 55.6 Å². The molecule has 0 saturated heterocycles. The first-order valence-electron chi connectivity index (χ1n) is 3.50. The lowest BCUT2D eigenvalue weighted by atomic mass is 10.1. The molecular formula is C8H2Br2ClF3O. The van der Waals surface area contributed by atoms with Gasteiger partial charge in [0.25, 0.3) is 5.78 Å². The van der Waals surface area contributed by atoms with Crippen molar-refractivity contribution in [3.8, 4) is 0 Å². The number of ketones is 1. The first-order valence-corrected chi connectivity index (χ1v) is 5.46. The van der Waals surface area contributed by atoms with E-state index in [1.807, 2.05) is 0 Å². The minimum atomic E-state index is -4.12. The lowest BCUT2D eigenvalue weighted by Gasteiger charge is -2.10. The van der Waals surface area contributed by atoms with Crippen LogP contribution in [0.1, 0.15) is 10.4 Å². The number of Topliss-reactive ketones (excluding diaryl/α,β-unsaturated/α-hetero) is 1. The van der Waals surface area contributed by atoms with Crippen molar-refractivity contribution in [2.45, 2.75) is 5.38 Å². The molecule has 15 heavy (non-hydrogen) atoms. The molecule has 0 radical (unpaired) electrons. The molecule has 1 aromatic carbocycles. The first-order chi connectivity index (χ1) is 6.75. The monoisotopic (exact) mass is 364 g/mol. The number of rotatable bonds is 2. The quantitative estimate of drug-likeness (QED) is 0.432. The van der Waals surface area contributed by atoms with Crippen molar-refractivity contribution in [1.82, 2.24) is 0 Å². The maximum Gasteiger partial charge on any atom is 0.385 e. The van der Waals surface area contributed by atoms with Crippen LogP contribution in [0, 0.1) is 5.82 Å². The predicted molar refractivity (Wildman–Crippen MR) is 56.9 cm³/mol. The Labute approximate surface area is 105 Å². The standard InChI is InChI=1S/C8H2Br2ClF3O/c9-3-1-2-4(10)6(12)5(3)7(15)8(11,13)14/h1-2H. The number of carbonyl (C=O) groups excluding carboxylic acids is 1. The Morgan fingerprint density at radius 3 is 2.20 bits per heavy atom. The van der Waals surface area contributed by atoms with E-state index in [9.17, 15) is 18.0 Å². The highest BCUT2D eigenvalue weighted by Gasteiger charge is 2.39. The molecule has 0 heterocycles. The van der Waals surface area contributed by atoms with E-state index in [1.54, 1.807) is 0 Å². The van der Waals surface area contributed by atoms with Crippen molar-refractivity contribution in [1.29, 1.82) is 0 Å². The van der Waals surface area contributed by atoms with Crippen LogP contribution >= 0.6 is 43.5 Å². The molecule has 1 nitrogen and oxygen atoms in total. The lowest BCUT2D eigenvalue weighted by molar-refractivity contribution is 0.0530. The van der Waals surface area contributed by atoms with Crippen LogP contribution in [0.15, 0.2) is 21.1 Å². The molecule has 0 aliphatic carbocycles. The molecule has 7 heteroatoms. The van der Waals surface area contributed by atoms with Crippen molar-refractivity contribution >= 4 is 49.2 Å². The summed E-state index contributed by atoms with van der Waals surface area (Å²) in [4.78, 5) is 11.1. The van der Waals surface area contributed by atoms with Crippen molar-refractivity contribution < 1.29 is 18.0 Å². The molecule has 1 aromatic rings. The molecular weight excluding hydrogens is 364 g/mol. The Morgan fingerprint density at radius 1 is 1.27 bits per heavy atom. The smallest absolute Gasteiger partial charge is 0.286 e. The van der Waals surface area contributed by atoms with Crippen LogP contribution in [0.5, 0.6) is 0 Å². The van der Waals surface area contributed by atoms with Crippen LogP contribution in [-0.4, -0.2) is 11.2 Å². The van der Waals surface area contributed by atoms with Gasteiger partial charge in [0, 0.05) is 4.47 Å². The van der Waals surface area contributed by atoms with E-state index in [0.29, 0.717) is 0 Å². The van der Waals surface area contributed by atoms with Crippen LogP contribution in [0.4, 0.5) is 13.2 Å². The van der Waals surface area contributed by atoms with Crippen molar-refractivity contribution in [3.05, 3.63) is 32.5 Å². The molecule has 0 aliphatic heterocycles. The fraction of sp³-hybridized carbons (Fsp3) is 0.125. The van der Waals surface area contributed by atoms with Gasteiger partial charge in [0.15, 0.2) is 0 Å². The molecule has 0 bridgehead atoms. The van der Waals surface area contributed by atoms with E-state index in [0.717, 1.165) is 0 Å². The summed E-state index contributed by atoms with van der Waals surface area (Å²) >= 11 is 10.1. The third-order valence-corrected chi connectivity index (χ3v) is 2.97. The molecule has 1 rings (SSSR count). The Balaban J connectivity index is 3.38. The number of alkyl halides is 3. The van der Waals surface area contributed by atoms with Gasteiger partial charge >= 0.3 is 5.38 Å². The van der Waals surface area contributed by atoms with Gasteiger partial charge in [0.1, 0.15) is 5.82 Å². The summed E-state index contributed by atoms with van der Waals surface area (Å²) in [5.41, 5.74) is -0.774. The molecule has 0 amide bonds. The van der Waals surface area contributed by atoms with Gasteiger partial charge in [-0.15, -0.1) is 0 Å². The zero-order valence-electron chi connectivity index (χ0n) is 6.83. The normalized spacial score (nSPS) is 11.6. The lowest BCUT2D eigenvalue weighted by Crippen LogP contribution is -2.23. The highest BCUT2D eigenvalue weighted by Crippen LogP contribution is 2.32. The maximum atomic E-state index is 13.4. The highest BCUT2D eigenvalue weighted by atomic mass is 79.9. The molecule has 0 unspecified atom stereocenters. The zero-order valence-corrected chi connectivity index (χ0v) is 10.8. The summed E-state index contributed by atoms with van der Waals surface area (Å²) in [7, 11) is 0. The number of hydrogen-bond donors (Lipinski definition) is 0. The van der Waals surface area contributed by atoms with Crippen LogP contribution in [0.2, 0.25) is 0 Å². The van der Waals surface area contributed by atoms with Gasteiger partial charge < -0.3 is 0 Å². The van der Waals surface area contributed by atoms with Gasteiger partial charge in [-0.2, -0.15) is 8.78 Å². The fourth-order valence-corrected chi connectivity index (χ4v) is 1.79. The molecule has 0 atom stereocenters. The zero-order chi connectivity index (χ0) is 11.8. The van der Waals surface area contributed by atoms with Gasteiger partial charge in [-0.1, -0.05) is 0 Å². The number of carbonyl (C=O) groups is 1. The molecule has 0 N–H and O–H groups in total. The van der Waals surface area contributed by atoms with Gasteiger partial charge in [-0.25, -0.2) is 4.39 Å². The molecule has 0 aromatic heterocycles. The molecule has 0 saturated carbocycles. The number of hydrogen-bond acceptors (Lipinski definition) is 1. The third-order valence-electron chi connectivity index (χ3n) is 1.53. The average molecular weight is 366 g/mol. The Morgan fingerprint density at radius 2 is 1.73 bits per heavy atom. The molecule has 82 valence electrons. The van der Waals surface area contributed by atoms with Crippen LogP contribution in [0.25, 0.3) is 0 Å². The minimum absolute atomic E-state index is 0.0754. The summed E-state index contributed by atoms with van der Waals surface area (Å²) < 4.78 is 38.2. The summed E-state index contributed by atoms with van der Waals surface area (Å²) in [5.74, 6) is -2.86. The van der Waals surface area contributed by atoms with E-state index in [2.05, 4.69) is 43.5 Å². The maximum absolute atomic E-state index is 13.4. The number of benzene rings is 1. The molecule has 0 spiro atoms. The van der Waals surface area contributed by atoms with Crippen LogP contribution < -0.4 is 0 Å². The van der Waals surface area contributed by atoms with E-state index in [1.165, 1.54) is 12.1 Å². The van der Waals surface area contributed by atoms with Gasteiger partial charge in [0.2, 0.25) is 0 Å². The Kier molecular flexibility index (Phi) is 3.84. The highest BCUT2D eigenvalue weighted by molar-refractivity contribution is 9.11. The van der Waals surface area contributed by atoms with E-state index in [-0.39, 0.29) is 8.95 Å². The topological polar surface area (TPSA) is 17.1 Å². The van der Waals surface area contributed by atoms with Crippen molar-refractivity contribution in [3.63, 3.8) is 0 Å².